The van der Waals surface area contributed by atoms with Gasteiger partial charge in [-0.1, -0.05) is 13.8 Å². The molecule has 0 radical (unpaired) electrons. The topological polar surface area (TPSA) is 37.3 Å². The fraction of sp³-hybridized carbons (Fsp3) is 0.700. The van der Waals surface area contributed by atoms with Crippen molar-refractivity contribution in [3.8, 4) is 0 Å². The molecule has 0 aliphatic heterocycles. The molecule has 0 saturated carbocycles. The summed E-state index contributed by atoms with van der Waals surface area (Å²) < 4.78 is 0. The van der Waals surface area contributed by atoms with E-state index in [1.165, 1.54) is 0 Å². The molecule has 1 aliphatic rings. The van der Waals surface area contributed by atoms with Crippen molar-refractivity contribution in [2.24, 2.45) is 11.8 Å². The van der Waals surface area contributed by atoms with E-state index in [9.17, 15) is 9.90 Å². The average molecular weight is 168 g/mol. The molecule has 0 aromatic rings. The highest BCUT2D eigenvalue weighted by atomic mass is 16.3. The van der Waals surface area contributed by atoms with Crippen LogP contribution in [0, 0.1) is 11.8 Å². The molecule has 2 heteroatoms. The van der Waals surface area contributed by atoms with E-state index in [4.69, 9.17) is 0 Å². The fourth-order valence-electron chi connectivity index (χ4n) is 1.60. The molecule has 0 amide bonds. The van der Waals surface area contributed by atoms with E-state index in [1.807, 2.05) is 13.8 Å². The van der Waals surface area contributed by atoms with E-state index < -0.39 is 6.10 Å². The lowest BCUT2D eigenvalue weighted by atomic mass is 9.80. The lowest BCUT2D eigenvalue weighted by Gasteiger charge is -2.27. The smallest absolute Gasteiger partial charge is 0.158 e. The van der Waals surface area contributed by atoms with Crippen LogP contribution in [0.3, 0.4) is 0 Å². The van der Waals surface area contributed by atoms with Gasteiger partial charge in [-0.05, 0) is 30.4 Å². The maximum Gasteiger partial charge on any atom is 0.158 e. The zero-order valence-corrected chi connectivity index (χ0v) is 7.87. The number of hydrogen-bond acceptors (Lipinski definition) is 2. The van der Waals surface area contributed by atoms with E-state index in [-0.39, 0.29) is 11.7 Å². The predicted molar refractivity (Wildman–Crippen MR) is 47.7 cm³/mol. The van der Waals surface area contributed by atoms with Crippen LogP contribution in [0.5, 0.6) is 0 Å². The summed E-state index contributed by atoms with van der Waals surface area (Å²) in [6.07, 6.45) is 1.75. The lowest BCUT2D eigenvalue weighted by molar-refractivity contribution is -0.118. The Hall–Kier alpha value is -0.630. The molecule has 2 nitrogen and oxygen atoms in total. The molecule has 0 saturated heterocycles. The Morgan fingerprint density at radius 3 is 2.67 bits per heavy atom. The molecule has 0 heterocycles. The highest BCUT2D eigenvalue weighted by Gasteiger charge is 2.28. The number of ketones is 1. The highest BCUT2D eigenvalue weighted by Crippen LogP contribution is 2.27. The second-order valence-corrected chi connectivity index (χ2v) is 3.88. The SMILES string of the molecule is CC1=C[C@@H](O)[C@@H](C(C)C)CC1=O. The Labute approximate surface area is 73.3 Å². The summed E-state index contributed by atoms with van der Waals surface area (Å²) in [5.41, 5.74) is 0.708. The number of carbonyl (C=O) groups is 1. The maximum absolute atomic E-state index is 11.3. The van der Waals surface area contributed by atoms with Crippen molar-refractivity contribution in [1.82, 2.24) is 0 Å². The Bertz CT molecular complexity index is 216. The van der Waals surface area contributed by atoms with Crippen molar-refractivity contribution in [1.29, 1.82) is 0 Å². The van der Waals surface area contributed by atoms with Crippen molar-refractivity contribution in [3.05, 3.63) is 11.6 Å². The monoisotopic (exact) mass is 168 g/mol. The van der Waals surface area contributed by atoms with Gasteiger partial charge in [0.2, 0.25) is 0 Å². The number of aliphatic hydroxyl groups excluding tert-OH is 1. The van der Waals surface area contributed by atoms with E-state index >= 15 is 0 Å². The molecule has 0 spiro atoms. The summed E-state index contributed by atoms with van der Waals surface area (Å²) in [6, 6.07) is 0. The number of rotatable bonds is 1. The van der Waals surface area contributed by atoms with Gasteiger partial charge in [-0.15, -0.1) is 0 Å². The van der Waals surface area contributed by atoms with Crippen molar-refractivity contribution in [3.63, 3.8) is 0 Å². The van der Waals surface area contributed by atoms with Crippen LogP contribution in [-0.2, 0) is 4.79 Å². The van der Waals surface area contributed by atoms with Gasteiger partial charge < -0.3 is 5.11 Å². The molecule has 0 aromatic heterocycles. The van der Waals surface area contributed by atoms with E-state index in [0.29, 0.717) is 17.9 Å². The first-order valence-electron chi connectivity index (χ1n) is 4.42. The third kappa shape index (κ3) is 1.75. The van der Waals surface area contributed by atoms with Crippen LogP contribution in [0.15, 0.2) is 11.6 Å². The zero-order valence-electron chi connectivity index (χ0n) is 7.87. The minimum Gasteiger partial charge on any atom is -0.389 e. The summed E-state index contributed by atoms with van der Waals surface area (Å²) in [5, 5.41) is 9.60. The van der Waals surface area contributed by atoms with Crippen molar-refractivity contribution < 1.29 is 9.90 Å². The third-order valence-electron chi connectivity index (χ3n) is 2.58. The van der Waals surface area contributed by atoms with Crippen LogP contribution < -0.4 is 0 Å². The maximum atomic E-state index is 11.3. The molecule has 0 unspecified atom stereocenters. The van der Waals surface area contributed by atoms with Crippen LogP contribution in [0.4, 0.5) is 0 Å². The second kappa shape index (κ2) is 3.40. The van der Waals surface area contributed by atoms with Crippen molar-refractivity contribution in [2.75, 3.05) is 0 Å². The van der Waals surface area contributed by atoms with Crippen LogP contribution >= 0.6 is 0 Å². The first-order valence-corrected chi connectivity index (χ1v) is 4.42. The second-order valence-electron chi connectivity index (χ2n) is 3.88. The molecular formula is C10H16O2. The van der Waals surface area contributed by atoms with Gasteiger partial charge >= 0.3 is 0 Å². The molecule has 0 aromatic carbocycles. The van der Waals surface area contributed by atoms with E-state index in [0.717, 1.165) is 0 Å². The number of carbonyl (C=O) groups excluding carboxylic acids is 1. The molecule has 0 bridgehead atoms. The molecule has 1 aliphatic carbocycles. The van der Waals surface area contributed by atoms with E-state index in [1.54, 1.807) is 13.0 Å². The van der Waals surface area contributed by atoms with Gasteiger partial charge in [0.25, 0.3) is 0 Å². The van der Waals surface area contributed by atoms with Gasteiger partial charge in [-0.2, -0.15) is 0 Å². The Morgan fingerprint density at radius 1 is 1.58 bits per heavy atom. The van der Waals surface area contributed by atoms with Gasteiger partial charge in [0.05, 0.1) is 6.10 Å². The summed E-state index contributed by atoms with van der Waals surface area (Å²) in [7, 11) is 0. The number of aliphatic hydroxyl groups is 1. The third-order valence-corrected chi connectivity index (χ3v) is 2.58. The van der Waals surface area contributed by atoms with E-state index in [2.05, 4.69) is 0 Å². The molecular weight excluding hydrogens is 152 g/mol. The normalized spacial score (nSPS) is 30.8. The Balaban J connectivity index is 2.79. The van der Waals surface area contributed by atoms with Crippen LogP contribution in [0.1, 0.15) is 27.2 Å². The predicted octanol–water partition coefficient (Wildman–Crippen LogP) is 1.54. The van der Waals surface area contributed by atoms with Gasteiger partial charge in [-0.3, -0.25) is 4.79 Å². The number of allylic oxidation sites excluding steroid dienone is 1. The van der Waals surface area contributed by atoms with Crippen molar-refractivity contribution in [2.45, 2.75) is 33.3 Å². The molecule has 2 atom stereocenters. The van der Waals surface area contributed by atoms with Gasteiger partial charge in [0.1, 0.15) is 0 Å². The highest BCUT2D eigenvalue weighted by molar-refractivity contribution is 5.95. The average Bonchev–Trinajstić information content (AvgIpc) is 1.96. The van der Waals surface area contributed by atoms with Gasteiger partial charge in [0.15, 0.2) is 5.78 Å². The van der Waals surface area contributed by atoms with Crippen LogP contribution in [0.25, 0.3) is 0 Å². The van der Waals surface area contributed by atoms with Crippen LogP contribution in [0.2, 0.25) is 0 Å². The van der Waals surface area contributed by atoms with Crippen molar-refractivity contribution >= 4 is 5.78 Å². The Kier molecular flexibility index (Phi) is 2.68. The minimum absolute atomic E-state index is 0.112. The minimum atomic E-state index is -0.428. The molecule has 1 rings (SSSR count). The first-order chi connectivity index (χ1) is 5.52. The fourth-order valence-corrected chi connectivity index (χ4v) is 1.60. The largest absolute Gasteiger partial charge is 0.389 e. The molecule has 68 valence electrons. The summed E-state index contributed by atoms with van der Waals surface area (Å²) in [5.74, 6) is 0.661. The molecule has 1 N–H and O–H groups in total. The summed E-state index contributed by atoms with van der Waals surface area (Å²) >= 11 is 0. The van der Waals surface area contributed by atoms with Gasteiger partial charge in [0, 0.05) is 6.42 Å². The Morgan fingerprint density at radius 2 is 2.17 bits per heavy atom. The summed E-state index contributed by atoms with van der Waals surface area (Å²) in [4.78, 5) is 11.3. The number of Topliss-reactive ketones (excluding diaryl/α,β-unsaturated/α-hetero) is 1. The summed E-state index contributed by atoms with van der Waals surface area (Å²) in [6.45, 7) is 5.84. The molecule has 12 heavy (non-hydrogen) atoms. The molecule has 0 fully saturated rings. The van der Waals surface area contributed by atoms with Crippen LogP contribution in [-0.4, -0.2) is 17.0 Å². The standard InChI is InChI=1S/C10H16O2/c1-6(2)8-5-9(11)7(3)4-10(8)12/h4,6,8,10,12H,5H2,1-3H3/t8-,10-/m1/s1. The zero-order chi connectivity index (χ0) is 9.30. The number of hydrogen-bond donors (Lipinski definition) is 1. The first kappa shape index (κ1) is 9.46. The van der Waals surface area contributed by atoms with Gasteiger partial charge in [-0.25, -0.2) is 0 Å². The quantitative estimate of drug-likeness (QED) is 0.644. The lowest BCUT2D eigenvalue weighted by Crippen LogP contribution is -2.30.